The lowest BCUT2D eigenvalue weighted by atomic mass is 10.1. The van der Waals surface area contributed by atoms with Gasteiger partial charge in [-0.2, -0.15) is 13.2 Å². The standard InChI is InChI=1S/C38H48F3N5O3/c1-44-34-25-33(49-36-18-13-29(26-43-36)10-8-6-4-2-3-5-7-9-19-42)17-14-31(34)24-35(44)37(47)46-22-20-45(21-23-46)27-30-11-15-32(16-12-30)48-28-38(39,40)41/h11-18,24-26H,2-10,19-23,27-28,42H2,1H3. The summed E-state index contributed by atoms with van der Waals surface area (Å²) in [4.78, 5) is 22.2. The lowest BCUT2D eigenvalue weighted by molar-refractivity contribution is -0.153. The van der Waals surface area contributed by atoms with E-state index in [1.807, 2.05) is 53.0 Å². The first kappa shape index (κ1) is 36.2. The van der Waals surface area contributed by atoms with E-state index in [1.165, 1.54) is 44.1 Å². The molecule has 0 bridgehead atoms. The minimum atomic E-state index is -4.37. The molecule has 5 rings (SSSR count). The molecule has 11 heteroatoms. The zero-order valence-corrected chi connectivity index (χ0v) is 28.4. The van der Waals surface area contributed by atoms with Crippen molar-refractivity contribution in [3.05, 3.63) is 83.7 Å². The molecule has 2 aromatic heterocycles. The largest absolute Gasteiger partial charge is 0.484 e. The van der Waals surface area contributed by atoms with Crippen LogP contribution in [0.3, 0.4) is 0 Å². The fourth-order valence-corrected chi connectivity index (χ4v) is 6.24. The van der Waals surface area contributed by atoms with Crippen molar-refractivity contribution in [3.63, 3.8) is 0 Å². The number of pyridine rings is 1. The number of amides is 1. The number of benzene rings is 2. The van der Waals surface area contributed by atoms with Crippen molar-refractivity contribution in [1.29, 1.82) is 0 Å². The van der Waals surface area contributed by atoms with Crippen molar-refractivity contribution in [2.75, 3.05) is 39.3 Å². The van der Waals surface area contributed by atoms with Crippen LogP contribution in [0.4, 0.5) is 13.2 Å². The van der Waals surface area contributed by atoms with E-state index in [-0.39, 0.29) is 11.7 Å². The Labute approximate surface area is 287 Å². The van der Waals surface area contributed by atoms with Gasteiger partial charge in [0.1, 0.15) is 17.2 Å². The Hall–Kier alpha value is -4.09. The van der Waals surface area contributed by atoms with Crippen LogP contribution >= 0.6 is 0 Å². The predicted molar refractivity (Wildman–Crippen MR) is 186 cm³/mol. The predicted octanol–water partition coefficient (Wildman–Crippen LogP) is 7.89. The third-order valence-corrected chi connectivity index (χ3v) is 9.07. The zero-order valence-electron chi connectivity index (χ0n) is 28.4. The third kappa shape index (κ3) is 11.0. The number of nitrogens with two attached hydrogens (primary N) is 1. The molecule has 1 aliphatic rings. The number of halogens is 3. The molecule has 0 saturated carbocycles. The van der Waals surface area contributed by atoms with Gasteiger partial charge in [-0.15, -0.1) is 0 Å². The molecule has 4 aromatic rings. The number of hydrogen-bond acceptors (Lipinski definition) is 6. The van der Waals surface area contributed by atoms with Crippen LogP contribution in [0, 0.1) is 0 Å². The molecule has 1 saturated heterocycles. The second-order valence-corrected chi connectivity index (χ2v) is 12.9. The van der Waals surface area contributed by atoms with Gasteiger partial charge in [0, 0.05) is 63.5 Å². The van der Waals surface area contributed by atoms with Crippen LogP contribution in [0.5, 0.6) is 17.4 Å². The molecule has 0 spiro atoms. The van der Waals surface area contributed by atoms with Crippen molar-refractivity contribution in [2.24, 2.45) is 12.8 Å². The average Bonchev–Trinajstić information content (AvgIpc) is 3.43. The van der Waals surface area contributed by atoms with Crippen molar-refractivity contribution in [1.82, 2.24) is 19.4 Å². The second-order valence-electron chi connectivity index (χ2n) is 12.9. The van der Waals surface area contributed by atoms with Gasteiger partial charge < -0.3 is 24.7 Å². The summed E-state index contributed by atoms with van der Waals surface area (Å²) in [5, 5.41) is 0.957. The molecule has 1 amide bonds. The van der Waals surface area contributed by atoms with E-state index < -0.39 is 12.8 Å². The summed E-state index contributed by atoms with van der Waals surface area (Å²) in [6.07, 6.45) is 8.49. The minimum Gasteiger partial charge on any atom is -0.484 e. The number of unbranched alkanes of at least 4 members (excludes halogenated alkanes) is 7. The summed E-state index contributed by atoms with van der Waals surface area (Å²) in [5.41, 5.74) is 9.26. The van der Waals surface area contributed by atoms with Gasteiger partial charge >= 0.3 is 6.18 Å². The summed E-state index contributed by atoms with van der Waals surface area (Å²) in [5.74, 6) is 1.36. The summed E-state index contributed by atoms with van der Waals surface area (Å²) < 4.78 is 50.0. The topological polar surface area (TPSA) is 85.9 Å². The molecule has 2 aromatic carbocycles. The SMILES string of the molecule is Cn1c(C(=O)N2CCN(Cc3ccc(OCC(F)(F)F)cc3)CC2)cc2ccc(Oc3ccc(CCCCCCCCCCN)cn3)cc21. The summed E-state index contributed by atoms with van der Waals surface area (Å²) >= 11 is 0. The number of piperazine rings is 1. The number of aromatic nitrogens is 2. The lowest BCUT2D eigenvalue weighted by Crippen LogP contribution is -2.48. The van der Waals surface area contributed by atoms with Crippen LogP contribution < -0.4 is 15.2 Å². The highest BCUT2D eigenvalue weighted by Crippen LogP contribution is 2.28. The molecule has 1 aliphatic heterocycles. The van der Waals surface area contributed by atoms with E-state index in [0.29, 0.717) is 50.0 Å². The van der Waals surface area contributed by atoms with Crippen molar-refractivity contribution >= 4 is 16.8 Å². The molecule has 0 unspecified atom stereocenters. The van der Waals surface area contributed by atoms with Crippen LogP contribution in [-0.2, 0) is 20.0 Å². The number of rotatable bonds is 17. The molecule has 49 heavy (non-hydrogen) atoms. The Bertz CT molecular complexity index is 1610. The van der Waals surface area contributed by atoms with E-state index in [0.717, 1.165) is 42.3 Å². The van der Waals surface area contributed by atoms with Crippen LogP contribution in [0.1, 0.15) is 73.0 Å². The highest BCUT2D eigenvalue weighted by atomic mass is 19.4. The first-order valence-electron chi connectivity index (χ1n) is 17.4. The molecule has 264 valence electrons. The maximum absolute atomic E-state index is 13.6. The Kier molecular flexibility index (Phi) is 13.0. The number of carbonyl (C=O) groups excluding carboxylic acids is 1. The Morgan fingerprint density at radius 1 is 0.816 bits per heavy atom. The summed E-state index contributed by atoms with van der Waals surface area (Å²) in [6, 6.07) is 18.4. The van der Waals surface area contributed by atoms with Gasteiger partial charge in [0.2, 0.25) is 5.88 Å². The minimum absolute atomic E-state index is 0.0215. The van der Waals surface area contributed by atoms with Gasteiger partial charge in [0.15, 0.2) is 6.61 Å². The molecule has 0 atom stereocenters. The van der Waals surface area contributed by atoms with Crippen molar-refractivity contribution < 1.29 is 27.4 Å². The van der Waals surface area contributed by atoms with Crippen LogP contribution in [0.25, 0.3) is 10.9 Å². The summed E-state index contributed by atoms with van der Waals surface area (Å²) in [6.45, 7) is 2.69. The monoisotopic (exact) mass is 679 g/mol. The quantitative estimate of drug-likeness (QED) is 0.114. The van der Waals surface area contributed by atoms with Gasteiger partial charge in [0.05, 0.1) is 5.52 Å². The first-order valence-corrected chi connectivity index (χ1v) is 17.4. The van der Waals surface area contributed by atoms with Crippen molar-refractivity contribution in [3.8, 4) is 17.4 Å². The third-order valence-electron chi connectivity index (χ3n) is 9.07. The number of alkyl halides is 3. The second kappa shape index (κ2) is 17.5. The Morgan fingerprint density at radius 2 is 1.47 bits per heavy atom. The lowest BCUT2D eigenvalue weighted by Gasteiger charge is -2.34. The smallest absolute Gasteiger partial charge is 0.422 e. The van der Waals surface area contributed by atoms with Gasteiger partial charge in [-0.05, 0) is 67.3 Å². The first-order chi connectivity index (χ1) is 23.7. The Balaban J connectivity index is 1.07. The van der Waals surface area contributed by atoms with Gasteiger partial charge in [-0.3, -0.25) is 9.69 Å². The highest BCUT2D eigenvalue weighted by molar-refractivity contribution is 5.99. The molecule has 3 heterocycles. The Morgan fingerprint density at radius 3 is 2.12 bits per heavy atom. The fourth-order valence-electron chi connectivity index (χ4n) is 6.24. The van der Waals surface area contributed by atoms with Crippen LogP contribution in [0.2, 0.25) is 0 Å². The fraction of sp³-hybridized carbons (Fsp3) is 0.474. The van der Waals surface area contributed by atoms with Crippen molar-refractivity contribution in [2.45, 2.75) is 70.5 Å². The molecule has 1 fully saturated rings. The van der Waals surface area contributed by atoms with E-state index >= 15 is 0 Å². The normalized spacial score (nSPS) is 14.0. The van der Waals surface area contributed by atoms with Crippen LogP contribution in [-0.4, -0.2) is 70.8 Å². The maximum atomic E-state index is 13.6. The molecular weight excluding hydrogens is 631 g/mol. The molecule has 0 radical (unpaired) electrons. The number of fused-ring (bicyclic) bond motifs is 1. The highest BCUT2D eigenvalue weighted by Gasteiger charge is 2.28. The summed E-state index contributed by atoms with van der Waals surface area (Å²) in [7, 11) is 1.90. The van der Waals surface area contributed by atoms with Gasteiger partial charge in [0.25, 0.3) is 5.91 Å². The molecule has 0 aliphatic carbocycles. The van der Waals surface area contributed by atoms with E-state index in [9.17, 15) is 18.0 Å². The number of hydrogen-bond donors (Lipinski definition) is 1. The van der Waals surface area contributed by atoms with Crippen LogP contribution in [0.15, 0.2) is 66.9 Å². The number of nitrogens with zero attached hydrogens (tertiary/aromatic N) is 4. The van der Waals surface area contributed by atoms with E-state index in [2.05, 4.69) is 16.0 Å². The number of ether oxygens (including phenoxy) is 2. The van der Waals surface area contributed by atoms with Gasteiger partial charge in [-0.25, -0.2) is 4.98 Å². The molecular formula is C38H48F3N5O3. The number of aryl methyl sites for hydroxylation is 2. The maximum Gasteiger partial charge on any atom is 0.422 e. The number of carbonyl (C=O) groups is 1. The average molecular weight is 680 g/mol. The molecule has 2 N–H and O–H groups in total. The molecule has 8 nitrogen and oxygen atoms in total. The van der Waals surface area contributed by atoms with Gasteiger partial charge in [-0.1, -0.05) is 56.7 Å². The zero-order chi connectivity index (χ0) is 34.6. The van der Waals surface area contributed by atoms with E-state index in [4.69, 9.17) is 15.2 Å². The van der Waals surface area contributed by atoms with E-state index in [1.54, 1.807) is 24.3 Å².